The predicted molar refractivity (Wildman–Crippen MR) is 25.6 cm³/mol. The summed E-state index contributed by atoms with van der Waals surface area (Å²) in [5, 5.41) is 9.62. The maximum atomic E-state index is 12.0. The van der Waals surface area contributed by atoms with E-state index in [1.807, 2.05) is 0 Å². The summed E-state index contributed by atoms with van der Waals surface area (Å²) in [6.45, 7) is 0.544. The van der Waals surface area contributed by atoms with Gasteiger partial charge in [0.15, 0.2) is 6.17 Å². The number of hydrogen-bond acceptors (Lipinski definition) is 0. The molecule has 1 radical (unpaired) electrons. The third-order valence-electron chi connectivity index (χ3n) is 0.942. The molecule has 0 aliphatic rings. The molecule has 49 valence electrons. The Bertz CT molecular complexity index is 50.4. The predicted octanol–water partition coefficient (Wildman–Crippen LogP) is 1.50. The van der Waals surface area contributed by atoms with Gasteiger partial charge in [0.1, 0.15) is 12.8 Å². The van der Waals surface area contributed by atoms with E-state index >= 15 is 0 Å². The molecule has 8 heavy (non-hydrogen) atoms. The van der Waals surface area contributed by atoms with Crippen LogP contribution in [0.15, 0.2) is 0 Å². The Morgan fingerprint density at radius 3 is 2.00 bits per heavy atom. The van der Waals surface area contributed by atoms with E-state index in [9.17, 15) is 13.9 Å². The van der Waals surface area contributed by atoms with Crippen molar-refractivity contribution < 1.29 is 13.9 Å². The van der Waals surface area contributed by atoms with Crippen molar-refractivity contribution in [1.82, 2.24) is 0 Å². The van der Waals surface area contributed by atoms with Gasteiger partial charge in [0.25, 0.3) is 0 Å². The molecule has 3 heteroatoms. The summed E-state index contributed by atoms with van der Waals surface area (Å²) >= 11 is 0. The standard InChI is InChI=1S/C5H9F2O/c1-2-4(6)5(7)3-8/h4-5H,2-3H2,1H3. The highest BCUT2D eigenvalue weighted by Gasteiger charge is 2.16. The van der Waals surface area contributed by atoms with Gasteiger partial charge in [-0.25, -0.2) is 13.9 Å². The minimum atomic E-state index is -1.81. The van der Waals surface area contributed by atoms with Crippen molar-refractivity contribution in [3.63, 3.8) is 0 Å². The molecule has 0 aromatic rings. The summed E-state index contributed by atoms with van der Waals surface area (Å²) in [6, 6.07) is 0. The van der Waals surface area contributed by atoms with Crippen molar-refractivity contribution in [2.45, 2.75) is 25.7 Å². The fourth-order valence-electron chi connectivity index (χ4n) is 0.360. The van der Waals surface area contributed by atoms with Crippen LogP contribution < -0.4 is 0 Å². The molecule has 0 amide bonds. The van der Waals surface area contributed by atoms with Gasteiger partial charge in [-0.15, -0.1) is 0 Å². The zero-order chi connectivity index (χ0) is 6.57. The highest BCUT2D eigenvalue weighted by atomic mass is 19.2. The summed E-state index contributed by atoms with van der Waals surface area (Å²) in [5.41, 5.74) is 0. The lowest BCUT2D eigenvalue weighted by Crippen LogP contribution is -2.19. The SMILES string of the molecule is CCC(F)C(F)C[O]. The Hall–Kier alpha value is -0.180. The summed E-state index contributed by atoms with van der Waals surface area (Å²) in [5.74, 6) is 0. The van der Waals surface area contributed by atoms with E-state index in [2.05, 4.69) is 0 Å². The van der Waals surface area contributed by atoms with Crippen LogP contribution in [0.1, 0.15) is 13.3 Å². The average molecular weight is 123 g/mol. The fourth-order valence-corrected chi connectivity index (χ4v) is 0.360. The minimum Gasteiger partial charge on any atom is -0.244 e. The second kappa shape index (κ2) is 3.78. The number of rotatable bonds is 3. The Morgan fingerprint density at radius 1 is 1.38 bits per heavy atom. The highest BCUT2D eigenvalue weighted by molar-refractivity contribution is 4.63. The lowest BCUT2D eigenvalue weighted by molar-refractivity contribution is 0.0589. The molecule has 0 fully saturated rings. The maximum absolute atomic E-state index is 12.0. The quantitative estimate of drug-likeness (QED) is 0.542. The first-order chi connectivity index (χ1) is 3.72. The second-order valence-electron chi connectivity index (χ2n) is 1.61. The van der Waals surface area contributed by atoms with Crippen molar-refractivity contribution in [2.24, 2.45) is 0 Å². The van der Waals surface area contributed by atoms with Gasteiger partial charge in [-0.3, -0.25) is 0 Å². The van der Waals surface area contributed by atoms with E-state index in [0.717, 1.165) is 0 Å². The van der Waals surface area contributed by atoms with Gasteiger partial charge < -0.3 is 0 Å². The van der Waals surface area contributed by atoms with Crippen LogP contribution in [0.5, 0.6) is 0 Å². The zero-order valence-corrected chi connectivity index (χ0v) is 4.73. The van der Waals surface area contributed by atoms with Gasteiger partial charge in [0, 0.05) is 0 Å². The van der Waals surface area contributed by atoms with Crippen molar-refractivity contribution in [2.75, 3.05) is 6.61 Å². The van der Waals surface area contributed by atoms with Crippen LogP contribution in [-0.2, 0) is 5.11 Å². The second-order valence-corrected chi connectivity index (χ2v) is 1.61. The molecule has 0 saturated heterocycles. The Balaban J connectivity index is 3.29. The monoisotopic (exact) mass is 123 g/mol. The number of halogens is 2. The molecule has 0 aliphatic heterocycles. The smallest absolute Gasteiger partial charge is 0.157 e. The van der Waals surface area contributed by atoms with Crippen LogP contribution in [-0.4, -0.2) is 19.0 Å². The highest BCUT2D eigenvalue weighted by Crippen LogP contribution is 2.06. The van der Waals surface area contributed by atoms with E-state index in [0.29, 0.717) is 0 Å². The number of alkyl halides is 2. The molecule has 0 N–H and O–H groups in total. The molecule has 0 heterocycles. The normalized spacial score (nSPS) is 18.0. The van der Waals surface area contributed by atoms with Crippen molar-refractivity contribution in [1.29, 1.82) is 0 Å². The summed E-state index contributed by atoms with van der Waals surface area (Å²) in [7, 11) is 0. The van der Waals surface area contributed by atoms with Crippen molar-refractivity contribution >= 4 is 0 Å². The third kappa shape index (κ3) is 2.21. The van der Waals surface area contributed by atoms with E-state index < -0.39 is 19.0 Å². The van der Waals surface area contributed by atoms with E-state index in [1.165, 1.54) is 6.92 Å². The van der Waals surface area contributed by atoms with E-state index in [1.54, 1.807) is 0 Å². The van der Waals surface area contributed by atoms with Gasteiger partial charge in [-0.05, 0) is 6.42 Å². The van der Waals surface area contributed by atoms with Crippen LogP contribution in [0.2, 0.25) is 0 Å². The first-order valence-corrected chi connectivity index (χ1v) is 2.58. The lowest BCUT2D eigenvalue weighted by Gasteiger charge is -2.05. The molecule has 0 spiro atoms. The van der Waals surface area contributed by atoms with Crippen LogP contribution in [0, 0.1) is 0 Å². The first kappa shape index (κ1) is 7.82. The molecule has 1 nitrogen and oxygen atoms in total. The van der Waals surface area contributed by atoms with Gasteiger partial charge in [-0.1, -0.05) is 6.92 Å². The summed E-state index contributed by atoms with van der Waals surface area (Å²) in [4.78, 5) is 0. The van der Waals surface area contributed by atoms with Crippen LogP contribution in [0.3, 0.4) is 0 Å². The lowest BCUT2D eigenvalue weighted by atomic mass is 10.2. The molecule has 0 rings (SSSR count). The topological polar surface area (TPSA) is 19.9 Å². The number of hydrogen-bond donors (Lipinski definition) is 0. The molecule has 2 atom stereocenters. The summed E-state index contributed by atoms with van der Waals surface area (Å²) in [6.07, 6.45) is -3.28. The largest absolute Gasteiger partial charge is 0.244 e. The molecule has 0 saturated carbocycles. The van der Waals surface area contributed by atoms with Gasteiger partial charge in [0.05, 0.1) is 0 Å². The van der Waals surface area contributed by atoms with Crippen molar-refractivity contribution in [3.8, 4) is 0 Å². The molecular formula is C5H9F2O. The van der Waals surface area contributed by atoms with Gasteiger partial charge in [-0.2, -0.15) is 0 Å². The van der Waals surface area contributed by atoms with Crippen LogP contribution >= 0.6 is 0 Å². The van der Waals surface area contributed by atoms with Gasteiger partial charge in [0.2, 0.25) is 0 Å². The molecular weight excluding hydrogens is 114 g/mol. The molecule has 0 aromatic heterocycles. The summed E-state index contributed by atoms with van der Waals surface area (Å²) < 4.78 is 23.8. The fraction of sp³-hybridized carbons (Fsp3) is 1.00. The Kier molecular flexibility index (Phi) is 3.69. The third-order valence-corrected chi connectivity index (χ3v) is 0.942. The molecule has 0 bridgehead atoms. The molecule has 0 aromatic carbocycles. The Labute approximate surface area is 47.3 Å². The zero-order valence-electron chi connectivity index (χ0n) is 4.73. The van der Waals surface area contributed by atoms with Gasteiger partial charge >= 0.3 is 0 Å². The van der Waals surface area contributed by atoms with Crippen LogP contribution in [0.4, 0.5) is 8.78 Å². The average Bonchev–Trinajstić information content (AvgIpc) is 1.84. The molecule has 0 aliphatic carbocycles. The molecule has 2 unspecified atom stereocenters. The van der Waals surface area contributed by atoms with Crippen LogP contribution in [0.25, 0.3) is 0 Å². The first-order valence-electron chi connectivity index (χ1n) is 2.58. The van der Waals surface area contributed by atoms with E-state index in [-0.39, 0.29) is 6.42 Å². The van der Waals surface area contributed by atoms with Crippen molar-refractivity contribution in [3.05, 3.63) is 0 Å². The maximum Gasteiger partial charge on any atom is 0.157 e. The Morgan fingerprint density at radius 2 is 1.88 bits per heavy atom. The minimum absolute atomic E-state index is 0.0867. The van der Waals surface area contributed by atoms with E-state index in [4.69, 9.17) is 0 Å².